The monoisotopic (exact) mass is 266 g/mol. The van der Waals surface area contributed by atoms with Crippen molar-refractivity contribution < 1.29 is 14.6 Å². The summed E-state index contributed by atoms with van der Waals surface area (Å²) in [4.78, 5) is 12.5. The van der Waals surface area contributed by atoms with E-state index in [0.717, 1.165) is 31.6 Å². The zero-order valence-corrected chi connectivity index (χ0v) is 11.6. The zero-order valence-electron chi connectivity index (χ0n) is 11.6. The highest BCUT2D eigenvalue weighted by atomic mass is 16.5. The topological polar surface area (TPSA) is 61.8 Å². The number of carboxylic acids is 1. The van der Waals surface area contributed by atoms with Gasteiger partial charge in [-0.25, -0.2) is 4.79 Å². The Morgan fingerprint density at radius 3 is 2.58 bits per heavy atom. The third-order valence-electron chi connectivity index (χ3n) is 2.57. The Hall–Kier alpha value is -1.59. The highest BCUT2D eigenvalue weighted by molar-refractivity contribution is 5.68. The number of carbonyl (C=O) groups is 1. The second-order valence-corrected chi connectivity index (χ2v) is 4.66. The van der Waals surface area contributed by atoms with Crippen molar-refractivity contribution in [3.63, 3.8) is 0 Å². The lowest BCUT2D eigenvalue weighted by Gasteiger charge is -2.10. The molecule has 1 aromatic rings. The van der Waals surface area contributed by atoms with Crippen molar-refractivity contribution in [3.8, 4) is 5.75 Å². The maximum Gasteiger partial charge on any atom is 0.341 e. The Labute approximate surface area is 114 Å². The number of nitrogens with one attached hydrogen (secondary N) is 1. The summed E-state index contributed by atoms with van der Waals surface area (Å²) in [6.45, 7) is 2.57. The molecule has 1 rings (SSSR count). The lowest BCUT2D eigenvalue weighted by molar-refractivity contribution is -0.139. The van der Waals surface area contributed by atoms with Gasteiger partial charge in [0.15, 0.2) is 6.61 Å². The molecule has 0 aliphatic rings. The quantitative estimate of drug-likeness (QED) is 0.657. The van der Waals surface area contributed by atoms with Crippen LogP contribution < -0.4 is 10.1 Å². The molecular formula is C14H22N2O3. The van der Waals surface area contributed by atoms with E-state index in [0.29, 0.717) is 5.75 Å². The van der Waals surface area contributed by atoms with E-state index in [9.17, 15) is 4.79 Å². The van der Waals surface area contributed by atoms with E-state index in [4.69, 9.17) is 9.84 Å². The normalized spacial score (nSPS) is 10.7. The fourth-order valence-electron chi connectivity index (χ4n) is 1.60. The Kier molecular flexibility index (Phi) is 6.92. The number of carboxylic acid groups (broad SMARTS) is 1. The number of benzene rings is 1. The highest BCUT2D eigenvalue weighted by Gasteiger charge is 1.99. The fourth-order valence-corrected chi connectivity index (χ4v) is 1.60. The van der Waals surface area contributed by atoms with Crippen molar-refractivity contribution in [2.24, 2.45) is 0 Å². The maximum atomic E-state index is 10.4. The van der Waals surface area contributed by atoms with Gasteiger partial charge in [0.2, 0.25) is 0 Å². The third-order valence-corrected chi connectivity index (χ3v) is 2.57. The minimum atomic E-state index is -0.966. The van der Waals surface area contributed by atoms with E-state index >= 15 is 0 Å². The Balaban J connectivity index is 2.22. The molecule has 5 nitrogen and oxygen atoms in total. The molecule has 0 saturated heterocycles. The van der Waals surface area contributed by atoms with E-state index in [-0.39, 0.29) is 6.61 Å². The van der Waals surface area contributed by atoms with Gasteiger partial charge in [-0.3, -0.25) is 0 Å². The zero-order chi connectivity index (χ0) is 14.1. The van der Waals surface area contributed by atoms with Gasteiger partial charge in [-0.2, -0.15) is 0 Å². The van der Waals surface area contributed by atoms with Gasteiger partial charge in [-0.15, -0.1) is 0 Å². The summed E-state index contributed by atoms with van der Waals surface area (Å²) < 4.78 is 5.07. The van der Waals surface area contributed by atoms with Crippen LogP contribution in [-0.4, -0.2) is 49.8 Å². The van der Waals surface area contributed by atoms with E-state index in [1.165, 1.54) is 0 Å². The van der Waals surface area contributed by atoms with Gasteiger partial charge in [-0.1, -0.05) is 12.1 Å². The molecule has 0 aliphatic heterocycles. The van der Waals surface area contributed by atoms with Crippen molar-refractivity contribution in [3.05, 3.63) is 29.8 Å². The molecule has 1 aromatic carbocycles. The van der Waals surface area contributed by atoms with E-state index in [1.807, 2.05) is 12.1 Å². The van der Waals surface area contributed by atoms with Crippen LogP contribution in [0.5, 0.6) is 5.75 Å². The van der Waals surface area contributed by atoms with E-state index in [2.05, 4.69) is 24.3 Å². The van der Waals surface area contributed by atoms with Gasteiger partial charge >= 0.3 is 5.97 Å². The van der Waals surface area contributed by atoms with Crippen LogP contribution in [-0.2, 0) is 11.3 Å². The first kappa shape index (κ1) is 15.5. The minimum absolute atomic E-state index is 0.303. The molecule has 19 heavy (non-hydrogen) atoms. The summed E-state index contributed by atoms with van der Waals surface area (Å²) in [6, 6.07) is 7.46. The summed E-state index contributed by atoms with van der Waals surface area (Å²) in [7, 11) is 4.13. The molecule has 0 spiro atoms. The van der Waals surface area contributed by atoms with Gasteiger partial charge in [-0.05, 0) is 51.3 Å². The Bertz CT molecular complexity index is 377. The standard InChI is InChI=1S/C14H22N2O3/c1-16(2)9-3-8-15-10-12-4-6-13(7-5-12)19-11-14(17)18/h4-7,15H,3,8-11H2,1-2H3,(H,17,18). The smallest absolute Gasteiger partial charge is 0.341 e. The molecule has 0 unspecified atom stereocenters. The number of rotatable bonds is 9. The maximum absolute atomic E-state index is 10.4. The average Bonchev–Trinajstić information content (AvgIpc) is 2.37. The molecule has 106 valence electrons. The number of hydrogen-bond donors (Lipinski definition) is 2. The van der Waals surface area contributed by atoms with Gasteiger partial charge in [0.05, 0.1) is 0 Å². The summed E-state index contributed by atoms with van der Waals surface area (Å²) in [6.07, 6.45) is 1.12. The third kappa shape index (κ3) is 7.43. The summed E-state index contributed by atoms with van der Waals surface area (Å²) in [5.41, 5.74) is 1.16. The first-order valence-corrected chi connectivity index (χ1v) is 6.37. The lowest BCUT2D eigenvalue weighted by atomic mass is 10.2. The molecule has 0 heterocycles. The molecular weight excluding hydrogens is 244 g/mol. The van der Waals surface area contributed by atoms with Gasteiger partial charge in [0, 0.05) is 6.54 Å². The summed E-state index contributed by atoms with van der Waals surface area (Å²) in [5, 5.41) is 11.9. The molecule has 0 saturated carbocycles. The second kappa shape index (κ2) is 8.50. The molecule has 0 amide bonds. The van der Waals surface area contributed by atoms with Crippen molar-refractivity contribution >= 4 is 5.97 Å². The number of nitrogens with zero attached hydrogens (tertiary/aromatic N) is 1. The van der Waals surface area contributed by atoms with Gasteiger partial charge in [0.1, 0.15) is 5.75 Å². The number of ether oxygens (including phenoxy) is 1. The van der Waals surface area contributed by atoms with Crippen molar-refractivity contribution in [1.82, 2.24) is 10.2 Å². The predicted molar refractivity (Wildman–Crippen MR) is 74.5 cm³/mol. The Morgan fingerprint density at radius 2 is 2.00 bits per heavy atom. The fraction of sp³-hybridized carbons (Fsp3) is 0.500. The molecule has 0 atom stereocenters. The SMILES string of the molecule is CN(C)CCCNCc1ccc(OCC(=O)O)cc1. The molecule has 0 bridgehead atoms. The van der Waals surface area contributed by atoms with Crippen LogP contribution in [0.1, 0.15) is 12.0 Å². The van der Waals surface area contributed by atoms with Crippen molar-refractivity contribution in [1.29, 1.82) is 0 Å². The molecule has 0 fully saturated rings. The Morgan fingerprint density at radius 1 is 1.32 bits per heavy atom. The van der Waals surface area contributed by atoms with Crippen LogP contribution in [0.25, 0.3) is 0 Å². The van der Waals surface area contributed by atoms with Crippen LogP contribution in [0, 0.1) is 0 Å². The van der Waals surface area contributed by atoms with Crippen LogP contribution in [0.2, 0.25) is 0 Å². The van der Waals surface area contributed by atoms with E-state index < -0.39 is 5.97 Å². The number of aliphatic carboxylic acids is 1. The molecule has 2 N–H and O–H groups in total. The summed E-state index contributed by atoms with van der Waals surface area (Å²) in [5.74, 6) is -0.384. The molecule has 0 aromatic heterocycles. The number of hydrogen-bond acceptors (Lipinski definition) is 4. The molecule has 0 aliphatic carbocycles. The lowest BCUT2D eigenvalue weighted by Crippen LogP contribution is -2.20. The first-order valence-electron chi connectivity index (χ1n) is 6.37. The minimum Gasteiger partial charge on any atom is -0.482 e. The van der Waals surface area contributed by atoms with E-state index in [1.54, 1.807) is 12.1 Å². The van der Waals surface area contributed by atoms with Crippen LogP contribution >= 0.6 is 0 Å². The largest absolute Gasteiger partial charge is 0.482 e. The van der Waals surface area contributed by atoms with Crippen molar-refractivity contribution in [2.45, 2.75) is 13.0 Å². The highest BCUT2D eigenvalue weighted by Crippen LogP contribution is 2.11. The molecule has 5 heteroatoms. The van der Waals surface area contributed by atoms with Crippen LogP contribution in [0.15, 0.2) is 24.3 Å². The van der Waals surface area contributed by atoms with Crippen LogP contribution in [0.4, 0.5) is 0 Å². The van der Waals surface area contributed by atoms with Crippen LogP contribution in [0.3, 0.4) is 0 Å². The molecule has 0 radical (unpaired) electrons. The first-order chi connectivity index (χ1) is 9.08. The van der Waals surface area contributed by atoms with Crippen molar-refractivity contribution in [2.75, 3.05) is 33.8 Å². The predicted octanol–water partition coefficient (Wildman–Crippen LogP) is 1.19. The van der Waals surface area contributed by atoms with Gasteiger partial charge < -0.3 is 20.1 Å². The van der Waals surface area contributed by atoms with Gasteiger partial charge in [0.25, 0.3) is 0 Å². The average molecular weight is 266 g/mol. The summed E-state index contributed by atoms with van der Waals surface area (Å²) >= 11 is 0. The second-order valence-electron chi connectivity index (χ2n) is 4.66.